The molecule has 0 radical (unpaired) electrons. The van der Waals surface area contributed by atoms with Gasteiger partial charge in [0, 0.05) is 11.1 Å². The van der Waals surface area contributed by atoms with Crippen molar-refractivity contribution in [1.29, 1.82) is 0 Å². The van der Waals surface area contributed by atoms with Crippen molar-refractivity contribution in [3.05, 3.63) is 59.6 Å². The van der Waals surface area contributed by atoms with E-state index in [1.54, 1.807) is 11.6 Å². The molecule has 2 aromatic heterocycles. The summed E-state index contributed by atoms with van der Waals surface area (Å²) in [7, 11) is 0. The van der Waals surface area contributed by atoms with Crippen molar-refractivity contribution < 1.29 is 4.79 Å². The highest BCUT2D eigenvalue weighted by Gasteiger charge is 2.15. The molecule has 112 valence electrons. The Hall–Kier alpha value is -2.99. The van der Waals surface area contributed by atoms with Gasteiger partial charge in [-0.3, -0.25) is 4.79 Å². The summed E-state index contributed by atoms with van der Waals surface area (Å²) in [4.78, 5) is 20.7. The summed E-state index contributed by atoms with van der Waals surface area (Å²) in [6.07, 6.45) is 0. The molecule has 0 unspecified atom stereocenters. The molecule has 2 heterocycles. The van der Waals surface area contributed by atoms with Crippen LogP contribution in [0.25, 0.3) is 21.1 Å². The van der Waals surface area contributed by atoms with Crippen molar-refractivity contribution in [2.24, 2.45) is 5.73 Å². The van der Waals surface area contributed by atoms with Crippen molar-refractivity contribution >= 4 is 49.9 Å². The maximum atomic E-state index is 11.7. The second-order valence-corrected chi connectivity index (χ2v) is 5.90. The summed E-state index contributed by atoms with van der Waals surface area (Å²) in [6, 6.07) is 15.2. The Labute approximate surface area is 135 Å². The summed E-state index contributed by atoms with van der Waals surface area (Å²) in [5.41, 5.74) is 9.96. The van der Waals surface area contributed by atoms with Gasteiger partial charge in [-0.2, -0.15) is 0 Å². The maximum absolute atomic E-state index is 11.7. The number of amides is 1. The number of fused-ring (bicyclic) bond motifs is 3. The monoisotopic (exact) mass is 320 g/mol. The lowest BCUT2D eigenvalue weighted by atomic mass is 10.1. The standard InChI is InChI=1S/C17H12N4OS/c18-16(22)12-8-4-7-11-13(12)21-17(14-15(11)23-9-19-14)20-10-5-2-1-3-6-10/h1-9H,(H2,18,22)(H,20,21). The van der Waals surface area contributed by atoms with Crippen LogP contribution in [0.15, 0.2) is 54.0 Å². The minimum atomic E-state index is -0.488. The lowest BCUT2D eigenvalue weighted by Gasteiger charge is -2.10. The average molecular weight is 320 g/mol. The number of nitrogens with one attached hydrogen (secondary N) is 1. The van der Waals surface area contributed by atoms with E-state index >= 15 is 0 Å². The number of pyridine rings is 1. The van der Waals surface area contributed by atoms with E-state index in [0.29, 0.717) is 16.9 Å². The molecule has 0 aliphatic heterocycles. The van der Waals surface area contributed by atoms with Crippen LogP contribution in [0.4, 0.5) is 11.5 Å². The van der Waals surface area contributed by atoms with Gasteiger partial charge < -0.3 is 11.1 Å². The Morgan fingerprint density at radius 2 is 1.87 bits per heavy atom. The predicted molar refractivity (Wildman–Crippen MR) is 93.2 cm³/mol. The first-order valence-electron chi connectivity index (χ1n) is 7.02. The Morgan fingerprint density at radius 3 is 2.65 bits per heavy atom. The van der Waals surface area contributed by atoms with Gasteiger partial charge in [-0.15, -0.1) is 11.3 Å². The van der Waals surface area contributed by atoms with Gasteiger partial charge in [0.1, 0.15) is 5.52 Å². The van der Waals surface area contributed by atoms with Gasteiger partial charge in [0.25, 0.3) is 5.91 Å². The number of para-hydroxylation sites is 2. The van der Waals surface area contributed by atoms with Crippen molar-refractivity contribution in [2.75, 3.05) is 5.32 Å². The van der Waals surface area contributed by atoms with Crippen LogP contribution in [0.2, 0.25) is 0 Å². The molecule has 2 aromatic carbocycles. The number of nitrogens with two attached hydrogens (primary N) is 1. The van der Waals surface area contributed by atoms with Crippen molar-refractivity contribution in [3.63, 3.8) is 0 Å². The molecule has 3 N–H and O–H groups in total. The van der Waals surface area contributed by atoms with Crippen LogP contribution in [-0.2, 0) is 0 Å². The number of anilines is 2. The third-order valence-electron chi connectivity index (χ3n) is 3.60. The van der Waals surface area contributed by atoms with Gasteiger partial charge >= 0.3 is 0 Å². The number of thiazole rings is 1. The molecule has 5 nitrogen and oxygen atoms in total. The summed E-state index contributed by atoms with van der Waals surface area (Å²) in [5, 5.41) is 4.16. The van der Waals surface area contributed by atoms with Crippen LogP contribution in [0.3, 0.4) is 0 Å². The smallest absolute Gasteiger partial charge is 0.250 e. The summed E-state index contributed by atoms with van der Waals surface area (Å²) >= 11 is 1.52. The number of primary amides is 1. The molecular weight excluding hydrogens is 308 g/mol. The third kappa shape index (κ3) is 2.29. The molecule has 0 fully saturated rings. The zero-order chi connectivity index (χ0) is 15.8. The van der Waals surface area contributed by atoms with Crippen LogP contribution in [0.1, 0.15) is 10.4 Å². The molecule has 0 atom stereocenters. The second-order valence-electron chi connectivity index (χ2n) is 5.05. The van der Waals surface area contributed by atoms with E-state index < -0.39 is 5.91 Å². The van der Waals surface area contributed by atoms with Gasteiger partial charge in [-0.25, -0.2) is 9.97 Å². The van der Waals surface area contributed by atoms with E-state index in [4.69, 9.17) is 5.73 Å². The summed E-state index contributed by atoms with van der Waals surface area (Å²) < 4.78 is 0.983. The molecule has 1 amide bonds. The van der Waals surface area contributed by atoms with Gasteiger partial charge in [0.2, 0.25) is 0 Å². The zero-order valence-electron chi connectivity index (χ0n) is 12.0. The van der Waals surface area contributed by atoms with E-state index in [1.807, 2.05) is 42.5 Å². The number of rotatable bonds is 3. The van der Waals surface area contributed by atoms with E-state index in [2.05, 4.69) is 15.3 Å². The minimum absolute atomic E-state index is 0.411. The average Bonchev–Trinajstić information content (AvgIpc) is 3.05. The molecule has 0 saturated carbocycles. The van der Waals surface area contributed by atoms with Gasteiger partial charge in [0.15, 0.2) is 5.82 Å². The number of carbonyl (C=O) groups excluding carboxylic acids is 1. The Kier molecular flexibility index (Phi) is 3.17. The maximum Gasteiger partial charge on any atom is 0.250 e. The molecule has 0 saturated heterocycles. The predicted octanol–water partition coefficient (Wildman–Crippen LogP) is 3.69. The highest BCUT2D eigenvalue weighted by molar-refractivity contribution is 7.17. The molecule has 4 rings (SSSR count). The van der Waals surface area contributed by atoms with E-state index in [0.717, 1.165) is 21.3 Å². The summed E-state index contributed by atoms with van der Waals surface area (Å²) in [6.45, 7) is 0. The highest BCUT2D eigenvalue weighted by atomic mass is 32.1. The Morgan fingerprint density at radius 1 is 1.04 bits per heavy atom. The molecule has 0 aliphatic rings. The SMILES string of the molecule is NC(=O)c1cccc2c1nc(Nc1ccccc1)c1ncsc12. The largest absolute Gasteiger partial charge is 0.366 e. The van der Waals surface area contributed by atoms with Crippen LogP contribution in [-0.4, -0.2) is 15.9 Å². The molecule has 23 heavy (non-hydrogen) atoms. The van der Waals surface area contributed by atoms with Crippen LogP contribution >= 0.6 is 11.3 Å². The second kappa shape index (κ2) is 5.33. The highest BCUT2D eigenvalue weighted by Crippen LogP contribution is 2.33. The van der Waals surface area contributed by atoms with Crippen molar-refractivity contribution in [2.45, 2.75) is 0 Å². The lowest BCUT2D eigenvalue weighted by molar-refractivity contribution is 0.100. The number of carbonyl (C=O) groups is 1. The fourth-order valence-corrected chi connectivity index (χ4v) is 3.38. The van der Waals surface area contributed by atoms with Crippen LogP contribution in [0, 0.1) is 0 Å². The fraction of sp³-hybridized carbons (Fsp3) is 0. The van der Waals surface area contributed by atoms with Crippen LogP contribution < -0.4 is 11.1 Å². The van der Waals surface area contributed by atoms with E-state index in [9.17, 15) is 4.79 Å². The topological polar surface area (TPSA) is 80.9 Å². The Balaban J connectivity index is 2.00. The third-order valence-corrected chi connectivity index (χ3v) is 4.46. The lowest BCUT2D eigenvalue weighted by Crippen LogP contribution is -2.12. The van der Waals surface area contributed by atoms with E-state index in [-0.39, 0.29) is 0 Å². The Bertz CT molecular complexity index is 1030. The fourth-order valence-electron chi connectivity index (χ4n) is 2.56. The quantitative estimate of drug-likeness (QED) is 0.603. The number of nitrogens with zero attached hydrogens (tertiary/aromatic N) is 2. The minimum Gasteiger partial charge on any atom is -0.366 e. The van der Waals surface area contributed by atoms with Crippen molar-refractivity contribution in [3.8, 4) is 0 Å². The zero-order valence-corrected chi connectivity index (χ0v) is 12.8. The number of aromatic nitrogens is 2. The first-order chi connectivity index (χ1) is 11.2. The van der Waals surface area contributed by atoms with Crippen LogP contribution in [0.5, 0.6) is 0 Å². The molecule has 0 aliphatic carbocycles. The number of benzene rings is 2. The first kappa shape index (κ1) is 13.7. The summed E-state index contributed by atoms with van der Waals surface area (Å²) in [5.74, 6) is 0.131. The molecule has 0 spiro atoms. The molecule has 4 aromatic rings. The van der Waals surface area contributed by atoms with Gasteiger partial charge in [0.05, 0.1) is 21.3 Å². The van der Waals surface area contributed by atoms with E-state index in [1.165, 1.54) is 11.3 Å². The number of hydrogen-bond acceptors (Lipinski definition) is 5. The molecule has 6 heteroatoms. The molecule has 0 bridgehead atoms. The first-order valence-corrected chi connectivity index (χ1v) is 7.90. The normalized spacial score (nSPS) is 11.0. The molecular formula is C17H12N4OS. The van der Waals surface area contributed by atoms with Gasteiger partial charge in [-0.05, 0) is 18.2 Å². The van der Waals surface area contributed by atoms with Gasteiger partial charge in [-0.1, -0.05) is 30.3 Å². The number of hydrogen-bond donors (Lipinski definition) is 2. The van der Waals surface area contributed by atoms with Crippen molar-refractivity contribution in [1.82, 2.24) is 9.97 Å².